The molecule has 2 rings (SSSR count). The molecule has 0 saturated carbocycles. The van der Waals surface area contributed by atoms with E-state index in [9.17, 15) is 9.90 Å². The summed E-state index contributed by atoms with van der Waals surface area (Å²) in [6.07, 6.45) is -0.321. The molecule has 1 atom stereocenters. The van der Waals surface area contributed by atoms with E-state index in [0.717, 1.165) is 5.56 Å². The molecule has 0 fully saturated rings. The molecule has 0 heterocycles. The van der Waals surface area contributed by atoms with E-state index in [1.807, 2.05) is 48.5 Å². The van der Waals surface area contributed by atoms with Gasteiger partial charge in [-0.15, -0.1) is 11.5 Å². The number of urea groups is 1. The van der Waals surface area contributed by atoms with Crippen LogP contribution < -0.4 is 10.5 Å². The molecule has 0 spiro atoms. The molecule has 4 nitrogen and oxygen atoms in total. The molecule has 2 N–H and O–H groups in total. The topological polar surface area (TPSA) is 52.6 Å². The largest absolute Gasteiger partial charge is 0.390 e. The molecule has 0 radical (unpaired) electrons. The molecule has 27 heavy (non-hydrogen) atoms. The van der Waals surface area contributed by atoms with E-state index in [-0.39, 0.29) is 12.6 Å². The standard InChI is InChI=1S/C22H28N2O2Si/c1-24(18-19-11-6-4-7-12-19)22(26)23-17-20(25)13-10-16-27(2,3)21-14-8-5-9-15-21/h4-9,11-12,14-15,20,25H,13,17-18H2,1-3H3,(H,23,26)/t20-/m1/s1. The van der Waals surface area contributed by atoms with E-state index in [0.29, 0.717) is 13.0 Å². The van der Waals surface area contributed by atoms with E-state index < -0.39 is 14.2 Å². The Hall–Kier alpha value is -2.55. The Morgan fingerprint density at radius 3 is 2.33 bits per heavy atom. The predicted molar refractivity (Wildman–Crippen MR) is 113 cm³/mol. The van der Waals surface area contributed by atoms with Gasteiger partial charge in [0.2, 0.25) is 0 Å². The van der Waals surface area contributed by atoms with Gasteiger partial charge in [0.1, 0.15) is 0 Å². The Balaban J connectivity index is 1.77. The molecule has 2 aromatic rings. The predicted octanol–water partition coefficient (Wildman–Crippen LogP) is 2.74. The molecule has 0 aliphatic rings. The van der Waals surface area contributed by atoms with Gasteiger partial charge in [-0.1, -0.05) is 73.8 Å². The second kappa shape index (κ2) is 9.96. The number of nitrogens with zero attached hydrogens (tertiary/aromatic N) is 1. The van der Waals surface area contributed by atoms with Crippen molar-refractivity contribution in [3.05, 3.63) is 66.2 Å². The van der Waals surface area contributed by atoms with E-state index in [1.165, 1.54) is 5.19 Å². The summed E-state index contributed by atoms with van der Waals surface area (Å²) in [5.41, 5.74) is 4.42. The van der Waals surface area contributed by atoms with Crippen molar-refractivity contribution in [3.63, 3.8) is 0 Å². The third kappa shape index (κ3) is 6.93. The first-order valence-corrected chi connectivity index (χ1v) is 12.1. The van der Waals surface area contributed by atoms with Crippen LogP contribution in [0.1, 0.15) is 12.0 Å². The highest BCUT2D eigenvalue weighted by atomic mass is 28.3. The molecule has 0 aromatic heterocycles. The van der Waals surface area contributed by atoms with Gasteiger partial charge in [0, 0.05) is 26.6 Å². The zero-order valence-corrected chi connectivity index (χ0v) is 17.3. The minimum absolute atomic E-state index is 0.194. The van der Waals surface area contributed by atoms with Gasteiger partial charge in [0.15, 0.2) is 8.07 Å². The number of hydrogen-bond donors (Lipinski definition) is 2. The van der Waals surface area contributed by atoms with Crippen LogP contribution in [0.5, 0.6) is 0 Å². The lowest BCUT2D eigenvalue weighted by Gasteiger charge is -2.19. The van der Waals surface area contributed by atoms with Gasteiger partial charge in [0.25, 0.3) is 0 Å². The zero-order chi connectivity index (χ0) is 19.7. The summed E-state index contributed by atoms with van der Waals surface area (Å²) < 4.78 is 0. The van der Waals surface area contributed by atoms with Crippen molar-refractivity contribution < 1.29 is 9.90 Å². The zero-order valence-electron chi connectivity index (χ0n) is 16.3. The monoisotopic (exact) mass is 380 g/mol. The first kappa shape index (κ1) is 20.8. The number of amides is 2. The van der Waals surface area contributed by atoms with Gasteiger partial charge >= 0.3 is 6.03 Å². The molecule has 142 valence electrons. The maximum absolute atomic E-state index is 12.1. The van der Waals surface area contributed by atoms with Gasteiger partial charge in [-0.05, 0) is 10.8 Å². The molecule has 2 amide bonds. The smallest absolute Gasteiger partial charge is 0.317 e. The third-order valence-corrected chi connectivity index (χ3v) is 6.91. The third-order valence-electron chi connectivity index (χ3n) is 4.33. The van der Waals surface area contributed by atoms with E-state index in [1.54, 1.807) is 11.9 Å². The summed E-state index contributed by atoms with van der Waals surface area (Å²) in [6, 6.07) is 19.9. The van der Waals surface area contributed by atoms with Crippen molar-refractivity contribution >= 4 is 19.3 Å². The van der Waals surface area contributed by atoms with Crippen LogP contribution in [0.15, 0.2) is 60.7 Å². The maximum atomic E-state index is 12.1. The van der Waals surface area contributed by atoms with Crippen LogP contribution in [0.25, 0.3) is 0 Å². The summed E-state index contributed by atoms with van der Waals surface area (Å²) in [5, 5.41) is 14.2. The fourth-order valence-electron chi connectivity index (χ4n) is 2.66. The van der Waals surface area contributed by atoms with Crippen LogP contribution in [0.4, 0.5) is 4.79 Å². The Bertz CT molecular complexity index is 782. The van der Waals surface area contributed by atoms with Gasteiger partial charge in [0.05, 0.1) is 6.10 Å². The van der Waals surface area contributed by atoms with Gasteiger partial charge < -0.3 is 15.3 Å². The number of rotatable bonds is 6. The second-order valence-electron chi connectivity index (χ2n) is 7.18. The number of hydrogen-bond acceptors (Lipinski definition) is 2. The van der Waals surface area contributed by atoms with Gasteiger partial charge in [-0.3, -0.25) is 0 Å². The van der Waals surface area contributed by atoms with Crippen molar-refractivity contribution in [1.29, 1.82) is 0 Å². The molecule has 0 bridgehead atoms. The summed E-state index contributed by atoms with van der Waals surface area (Å²) in [4.78, 5) is 13.7. The van der Waals surface area contributed by atoms with Crippen molar-refractivity contribution in [2.45, 2.75) is 32.2 Å². The lowest BCUT2D eigenvalue weighted by molar-refractivity contribution is 0.166. The Kier molecular flexibility index (Phi) is 7.65. The molecule has 0 aliphatic heterocycles. The van der Waals surface area contributed by atoms with E-state index >= 15 is 0 Å². The fourth-order valence-corrected chi connectivity index (χ4v) is 4.37. The first-order valence-electron chi connectivity index (χ1n) is 9.15. The van der Waals surface area contributed by atoms with Gasteiger partial charge in [-0.2, -0.15) is 0 Å². The number of benzene rings is 2. The summed E-state index contributed by atoms with van der Waals surface area (Å²) in [7, 11) is -0.0814. The van der Waals surface area contributed by atoms with Crippen molar-refractivity contribution in [2.24, 2.45) is 0 Å². The summed E-state index contributed by atoms with van der Waals surface area (Å²) in [6.45, 7) is 5.11. The van der Waals surface area contributed by atoms with E-state index in [2.05, 4.69) is 42.0 Å². The highest BCUT2D eigenvalue weighted by Gasteiger charge is 2.20. The van der Waals surface area contributed by atoms with Crippen LogP contribution in [-0.2, 0) is 6.54 Å². The molecule has 0 unspecified atom stereocenters. The Morgan fingerprint density at radius 1 is 1.11 bits per heavy atom. The quantitative estimate of drug-likeness (QED) is 0.598. The minimum Gasteiger partial charge on any atom is -0.390 e. The number of aliphatic hydroxyl groups is 1. The van der Waals surface area contributed by atoms with Crippen LogP contribution >= 0.6 is 0 Å². The highest BCUT2D eigenvalue weighted by molar-refractivity contribution is 6.96. The molecular formula is C22H28N2O2Si. The second-order valence-corrected chi connectivity index (χ2v) is 11.3. The molecule has 5 heteroatoms. The molecule has 2 aromatic carbocycles. The SMILES string of the molecule is CN(Cc1ccccc1)C(=O)NC[C@H](O)CC#C[Si](C)(C)c1ccccc1. The average molecular weight is 381 g/mol. The first-order chi connectivity index (χ1) is 12.9. The lowest BCUT2D eigenvalue weighted by atomic mass is 10.2. The molecular weight excluding hydrogens is 352 g/mol. The fraction of sp³-hybridized carbons (Fsp3) is 0.318. The number of carbonyl (C=O) groups excluding carboxylic acids is 1. The Labute approximate surface area is 163 Å². The number of nitrogens with one attached hydrogen (secondary N) is 1. The average Bonchev–Trinajstić information content (AvgIpc) is 2.67. The number of aliphatic hydroxyl groups excluding tert-OH is 1. The Morgan fingerprint density at radius 2 is 1.70 bits per heavy atom. The normalized spacial score (nSPS) is 11.9. The van der Waals surface area contributed by atoms with Crippen molar-refractivity contribution in [2.75, 3.05) is 13.6 Å². The van der Waals surface area contributed by atoms with Gasteiger partial charge in [-0.25, -0.2) is 4.79 Å². The van der Waals surface area contributed by atoms with Crippen molar-refractivity contribution in [1.82, 2.24) is 10.2 Å². The van der Waals surface area contributed by atoms with E-state index in [4.69, 9.17) is 0 Å². The van der Waals surface area contributed by atoms with Crippen LogP contribution in [0.3, 0.4) is 0 Å². The molecule has 0 saturated heterocycles. The van der Waals surface area contributed by atoms with Crippen LogP contribution in [0.2, 0.25) is 13.1 Å². The number of carbonyl (C=O) groups is 1. The lowest BCUT2D eigenvalue weighted by Crippen LogP contribution is -2.41. The maximum Gasteiger partial charge on any atom is 0.317 e. The summed E-state index contributed by atoms with van der Waals surface area (Å²) in [5.74, 6) is 3.11. The highest BCUT2D eigenvalue weighted by Crippen LogP contribution is 2.03. The van der Waals surface area contributed by atoms with Crippen LogP contribution in [0, 0.1) is 11.5 Å². The summed E-state index contributed by atoms with van der Waals surface area (Å²) >= 11 is 0. The minimum atomic E-state index is -1.82. The molecule has 0 aliphatic carbocycles. The van der Waals surface area contributed by atoms with Crippen LogP contribution in [-0.4, -0.2) is 43.8 Å². The van der Waals surface area contributed by atoms with Crippen molar-refractivity contribution in [3.8, 4) is 11.5 Å².